The average Bonchev–Trinajstić information content (AvgIpc) is 2.65. The molecule has 2 heteroatoms. The molecule has 0 aromatic heterocycles. The van der Waals surface area contributed by atoms with Gasteiger partial charge >= 0.3 is 0 Å². The molecule has 2 unspecified atom stereocenters. The second-order valence-electron chi connectivity index (χ2n) is 3.53. The molecule has 1 aromatic rings. The Hall–Kier alpha value is -1.28. The Labute approximate surface area is 83.8 Å². The Morgan fingerprint density at radius 1 is 1.43 bits per heavy atom. The third-order valence-electron chi connectivity index (χ3n) is 2.61. The zero-order valence-electron chi connectivity index (χ0n) is 8.18. The minimum atomic E-state index is -0.276. The Morgan fingerprint density at radius 3 is 2.93 bits per heavy atom. The third kappa shape index (κ3) is 1.66. The maximum atomic E-state index is 9.70. The van der Waals surface area contributed by atoms with Gasteiger partial charge in [-0.2, -0.15) is 0 Å². The van der Waals surface area contributed by atoms with Gasteiger partial charge in [0.05, 0.1) is 13.2 Å². The van der Waals surface area contributed by atoms with Gasteiger partial charge in [-0.1, -0.05) is 24.3 Å². The summed E-state index contributed by atoms with van der Waals surface area (Å²) in [5, 5.41) is 9.70. The van der Waals surface area contributed by atoms with E-state index in [9.17, 15) is 5.11 Å². The van der Waals surface area contributed by atoms with E-state index in [1.165, 1.54) is 0 Å². The second kappa shape index (κ2) is 3.84. The molecule has 0 heterocycles. The molecule has 2 rings (SSSR count). The number of methoxy groups -OCH3 is 1. The first-order valence-corrected chi connectivity index (χ1v) is 4.80. The maximum absolute atomic E-state index is 9.70. The van der Waals surface area contributed by atoms with Crippen LogP contribution in [-0.2, 0) is 0 Å². The van der Waals surface area contributed by atoms with Crippen LogP contribution < -0.4 is 4.74 Å². The lowest BCUT2D eigenvalue weighted by molar-refractivity contribution is 0.171. The van der Waals surface area contributed by atoms with E-state index in [0.717, 1.165) is 17.7 Å². The topological polar surface area (TPSA) is 29.5 Å². The molecular weight excluding hydrogens is 176 g/mol. The molecular formula is C12H14O2. The lowest BCUT2D eigenvalue weighted by Crippen LogP contribution is -2.11. The molecule has 0 saturated carbocycles. The van der Waals surface area contributed by atoms with Crippen molar-refractivity contribution in [2.24, 2.45) is 0 Å². The van der Waals surface area contributed by atoms with Crippen LogP contribution in [0.5, 0.6) is 5.75 Å². The van der Waals surface area contributed by atoms with Crippen LogP contribution in [0.15, 0.2) is 36.4 Å². The van der Waals surface area contributed by atoms with Crippen molar-refractivity contribution in [3.05, 3.63) is 42.0 Å². The summed E-state index contributed by atoms with van der Waals surface area (Å²) >= 11 is 0. The average molecular weight is 190 g/mol. The summed E-state index contributed by atoms with van der Waals surface area (Å²) in [6, 6.07) is 7.86. The van der Waals surface area contributed by atoms with Crippen LogP contribution in [0.1, 0.15) is 17.9 Å². The summed E-state index contributed by atoms with van der Waals surface area (Å²) in [6.45, 7) is 0. The van der Waals surface area contributed by atoms with Crippen LogP contribution in [0.4, 0.5) is 0 Å². The zero-order valence-corrected chi connectivity index (χ0v) is 8.18. The van der Waals surface area contributed by atoms with Gasteiger partial charge in [-0.05, 0) is 24.1 Å². The fraction of sp³-hybridized carbons (Fsp3) is 0.333. The number of hydrogen-bond acceptors (Lipinski definition) is 2. The number of benzene rings is 1. The van der Waals surface area contributed by atoms with E-state index in [0.29, 0.717) is 0 Å². The Kier molecular flexibility index (Phi) is 2.55. The highest BCUT2D eigenvalue weighted by Gasteiger charge is 2.21. The van der Waals surface area contributed by atoms with E-state index in [-0.39, 0.29) is 12.0 Å². The quantitative estimate of drug-likeness (QED) is 0.724. The molecule has 0 fully saturated rings. The molecule has 1 N–H and O–H groups in total. The largest absolute Gasteiger partial charge is 0.497 e. The van der Waals surface area contributed by atoms with Gasteiger partial charge in [-0.15, -0.1) is 0 Å². The van der Waals surface area contributed by atoms with Crippen LogP contribution in [0, 0.1) is 0 Å². The van der Waals surface area contributed by atoms with E-state index < -0.39 is 0 Å². The highest BCUT2D eigenvalue weighted by atomic mass is 16.5. The first-order valence-electron chi connectivity index (χ1n) is 4.80. The molecule has 0 aliphatic heterocycles. The molecule has 0 saturated heterocycles. The lowest BCUT2D eigenvalue weighted by Gasteiger charge is -2.14. The summed E-state index contributed by atoms with van der Waals surface area (Å²) in [5.74, 6) is 0.972. The molecule has 1 aromatic carbocycles. The molecule has 0 spiro atoms. The fourth-order valence-corrected chi connectivity index (χ4v) is 1.82. The zero-order chi connectivity index (χ0) is 9.97. The minimum Gasteiger partial charge on any atom is -0.497 e. The molecule has 2 nitrogen and oxygen atoms in total. The van der Waals surface area contributed by atoms with Gasteiger partial charge in [0, 0.05) is 5.92 Å². The van der Waals surface area contributed by atoms with Crippen LogP contribution >= 0.6 is 0 Å². The summed E-state index contributed by atoms with van der Waals surface area (Å²) in [4.78, 5) is 0. The van der Waals surface area contributed by atoms with Crippen molar-refractivity contribution in [2.45, 2.75) is 18.4 Å². The van der Waals surface area contributed by atoms with Gasteiger partial charge in [0.1, 0.15) is 5.75 Å². The molecule has 0 radical (unpaired) electrons. The van der Waals surface area contributed by atoms with Crippen molar-refractivity contribution in [3.8, 4) is 5.75 Å². The van der Waals surface area contributed by atoms with Gasteiger partial charge in [-0.3, -0.25) is 0 Å². The summed E-state index contributed by atoms with van der Waals surface area (Å²) in [6.07, 6.45) is 4.55. The van der Waals surface area contributed by atoms with E-state index in [1.807, 2.05) is 30.3 Å². The second-order valence-corrected chi connectivity index (χ2v) is 3.53. The molecule has 74 valence electrons. The van der Waals surface area contributed by atoms with E-state index in [2.05, 4.69) is 6.08 Å². The minimum absolute atomic E-state index is 0.130. The lowest BCUT2D eigenvalue weighted by atomic mass is 9.96. The SMILES string of the molecule is COc1cccc(C2C=CCC2O)c1. The van der Waals surface area contributed by atoms with Crippen LogP contribution in [0.2, 0.25) is 0 Å². The molecule has 0 amide bonds. The van der Waals surface area contributed by atoms with E-state index >= 15 is 0 Å². The molecule has 1 aliphatic carbocycles. The van der Waals surface area contributed by atoms with Crippen LogP contribution in [0.3, 0.4) is 0 Å². The Balaban J connectivity index is 2.27. The summed E-state index contributed by atoms with van der Waals surface area (Å²) in [5.41, 5.74) is 1.12. The molecule has 14 heavy (non-hydrogen) atoms. The van der Waals surface area contributed by atoms with Crippen molar-refractivity contribution >= 4 is 0 Å². The maximum Gasteiger partial charge on any atom is 0.119 e. The van der Waals surface area contributed by atoms with Gasteiger partial charge in [0.2, 0.25) is 0 Å². The van der Waals surface area contributed by atoms with Crippen molar-refractivity contribution in [1.82, 2.24) is 0 Å². The van der Waals surface area contributed by atoms with Gasteiger partial charge in [0.15, 0.2) is 0 Å². The van der Waals surface area contributed by atoms with Crippen LogP contribution in [-0.4, -0.2) is 18.3 Å². The molecule has 1 aliphatic rings. The number of aliphatic hydroxyl groups excluding tert-OH is 1. The predicted octanol–water partition coefficient (Wildman–Crippen LogP) is 2.10. The summed E-state index contributed by atoms with van der Waals surface area (Å²) < 4.78 is 5.14. The monoisotopic (exact) mass is 190 g/mol. The van der Waals surface area contributed by atoms with Crippen molar-refractivity contribution < 1.29 is 9.84 Å². The first-order chi connectivity index (χ1) is 6.81. The van der Waals surface area contributed by atoms with Crippen molar-refractivity contribution in [1.29, 1.82) is 0 Å². The summed E-state index contributed by atoms with van der Waals surface area (Å²) in [7, 11) is 1.65. The Bertz CT molecular complexity index is 344. The predicted molar refractivity (Wildman–Crippen MR) is 55.5 cm³/mol. The van der Waals surface area contributed by atoms with Gasteiger partial charge in [0.25, 0.3) is 0 Å². The Morgan fingerprint density at radius 2 is 2.29 bits per heavy atom. The standard InChI is InChI=1S/C12H14O2/c1-14-10-5-2-4-9(8-10)11-6-3-7-12(11)13/h2-6,8,11-13H,7H2,1H3. The van der Waals surface area contributed by atoms with E-state index in [1.54, 1.807) is 7.11 Å². The molecule has 0 bridgehead atoms. The number of ether oxygens (including phenoxy) is 1. The molecule has 2 atom stereocenters. The van der Waals surface area contributed by atoms with Crippen molar-refractivity contribution in [3.63, 3.8) is 0 Å². The highest BCUT2D eigenvalue weighted by Crippen LogP contribution is 2.30. The van der Waals surface area contributed by atoms with E-state index in [4.69, 9.17) is 4.74 Å². The number of aliphatic hydroxyl groups is 1. The normalized spacial score (nSPS) is 25.3. The number of hydrogen-bond donors (Lipinski definition) is 1. The first kappa shape index (κ1) is 9.28. The van der Waals surface area contributed by atoms with Crippen LogP contribution in [0.25, 0.3) is 0 Å². The third-order valence-corrected chi connectivity index (χ3v) is 2.61. The van der Waals surface area contributed by atoms with Gasteiger partial charge in [-0.25, -0.2) is 0 Å². The highest BCUT2D eigenvalue weighted by molar-refractivity contribution is 5.35. The van der Waals surface area contributed by atoms with Gasteiger partial charge < -0.3 is 9.84 Å². The van der Waals surface area contributed by atoms with Crippen molar-refractivity contribution in [2.75, 3.05) is 7.11 Å². The smallest absolute Gasteiger partial charge is 0.119 e. The fourth-order valence-electron chi connectivity index (χ4n) is 1.82. The number of rotatable bonds is 2.